The number of aliphatic hydroxyl groups excluding tert-OH is 1. The summed E-state index contributed by atoms with van der Waals surface area (Å²) in [4.78, 5) is 0. The lowest BCUT2D eigenvalue weighted by molar-refractivity contribution is 0.223. The molecule has 0 saturated heterocycles. The van der Waals surface area contributed by atoms with Gasteiger partial charge in [0.2, 0.25) is 0 Å². The van der Waals surface area contributed by atoms with Crippen molar-refractivity contribution in [3.05, 3.63) is 45.0 Å². The number of halogens is 1. The van der Waals surface area contributed by atoms with Gasteiger partial charge in [-0.25, -0.2) is 0 Å². The van der Waals surface area contributed by atoms with Crippen LogP contribution in [0.2, 0.25) is 0 Å². The molecular weight excluding hydrogens is 287 g/mol. The highest BCUT2D eigenvalue weighted by Crippen LogP contribution is 2.22. The zero-order valence-electron chi connectivity index (χ0n) is 7.91. The van der Waals surface area contributed by atoms with Gasteiger partial charge >= 0.3 is 0 Å². The normalized spacial score (nSPS) is 21.0. The van der Waals surface area contributed by atoms with E-state index >= 15 is 0 Å². The predicted molar refractivity (Wildman–Crippen MR) is 66.2 cm³/mol. The molecule has 0 spiro atoms. The number of rotatable bonds is 2. The first-order chi connectivity index (χ1) is 6.74. The highest BCUT2D eigenvalue weighted by Gasteiger charge is 2.12. The summed E-state index contributed by atoms with van der Waals surface area (Å²) in [6.45, 7) is 0. The first-order valence-electron chi connectivity index (χ1n) is 4.86. The van der Waals surface area contributed by atoms with Gasteiger partial charge in [0.15, 0.2) is 0 Å². The maximum atomic E-state index is 9.34. The second kappa shape index (κ2) is 4.45. The molecule has 1 aromatic rings. The van der Waals surface area contributed by atoms with Crippen molar-refractivity contribution in [2.75, 3.05) is 0 Å². The lowest BCUT2D eigenvalue weighted by Crippen LogP contribution is -1.93. The van der Waals surface area contributed by atoms with E-state index in [1.54, 1.807) is 0 Å². The summed E-state index contributed by atoms with van der Waals surface area (Å²) >= 11 is 2.31. The summed E-state index contributed by atoms with van der Waals surface area (Å²) in [5, 5.41) is 9.34. The Bertz CT molecular complexity index is 340. The fraction of sp³-hybridized carbons (Fsp3) is 0.333. The van der Waals surface area contributed by atoms with E-state index in [-0.39, 0.29) is 6.10 Å². The van der Waals surface area contributed by atoms with Crippen LogP contribution < -0.4 is 0 Å². The molecule has 1 nitrogen and oxygen atoms in total. The summed E-state index contributed by atoms with van der Waals surface area (Å²) in [5.41, 5.74) is 2.71. The third-order valence-electron chi connectivity index (χ3n) is 2.53. The average molecular weight is 300 g/mol. The molecule has 0 fully saturated rings. The topological polar surface area (TPSA) is 20.2 Å². The van der Waals surface area contributed by atoms with Gasteiger partial charge in [-0.05, 0) is 59.5 Å². The molecule has 0 bridgehead atoms. The second-order valence-corrected chi connectivity index (χ2v) is 4.98. The molecule has 74 valence electrons. The second-order valence-electron chi connectivity index (χ2n) is 3.73. The molecular formula is C12H13IO. The van der Waals surface area contributed by atoms with Crippen LogP contribution >= 0.6 is 22.6 Å². The summed E-state index contributed by atoms with van der Waals surface area (Å²) < 4.78 is 1.27. The van der Waals surface area contributed by atoms with E-state index in [0.717, 1.165) is 19.3 Å². The molecule has 1 aromatic carbocycles. The third kappa shape index (κ3) is 2.58. The Morgan fingerprint density at radius 2 is 2.00 bits per heavy atom. The van der Waals surface area contributed by atoms with Crippen molar-refractivity contribution < 1.29 is 5.11 Å². The van der Waals surface area contributed by atoms with Crippen LogP contribution in [0.3, 0.4) is 0 Å². The van der Waals surface area contributed by atoms with E-state index in [1.807, 2.05) is 6.08 Å². The van der Waals surface area contributed by atoms with Crippen LogP contribution in [0.5, 0.6) is 0 Å². The van der Waals surface area contributed by atoms with E-state index in [4.69, 9.17) is 0 Å². The Morgan fingerprint density at radius 1 is 1.29 bits per heavy atom. The first kappa shape index (κ1) is 10.2. The number of hydrogen-bond acceptors (Lipinski definition) is 1. The molecule has 1 atom stereocenters. The van der Waals surface area contributed by atoms with Gasteiger partial charge < -0.3 is 5.11 Å². The van der Waals surface area contributed by atoms with Gasteiger partial charge in [0, 0.05) is 3.57 Å². The molecule has 1 N–H and O–H groups in total. The standard InChI is InChI=1S/C12H13IO/c13-11-4-1-9(2-5-11)7-10-3-6-12(14)8-10/h1-2,4-5,8,12,14H,3,6-7H2. The molecule has 2 heteroatoms. The predicted octanol–water partition coefficient (Wildman–Crippen LogP) is 2.91. The van der Waals surface area contributed by atoms with Gasteiger partial charge in [-0.2, -0.15) is 0 Å². The first-order valence-corrected chi connectivity index (χ1v) is 5.94. The molecule has 0 heterocycles. The smallest absolute Gasteiger partial charge is 0.0726 e. The molecule has 0 aromatic heterocycles. The highest BCUT2D eigenvalue weighted by atomic mass is 127. The largest absolute Gasteiger partial charge is 0.389 e. The van der Waals surface area contributed by atoms with Crippen molar-refractivity contribution in [3.8, 4) is 0 Å². The number of hydrogen-bond donors (Lipinski definition) is 1. The Labute approximate surface area is 98.0 Å². The third-order valence-corrected chi connectivity index (χ3v) is 3.25. The van der Waals surface area contributed by atoms with Crippen molar-refractivity contribution >= 4 is 22.6 Å². The van der Waals surface area contributed by atoms with Crippen LogP contribution in [0.1, 0.15) is 18.4 Å². The SMILES string of the molecule is OC1C=C(Cc2ccc(I)cc2)CC1. The quantitative estimate of drug-likeness (QED) is 0.658. The van der Waals surface area contributed by atoms with Gasteiger partial charge in [0.25, 0.3) is 0 Å². The van der Waals surface area contributed by atoms with Crippen molar-refractivity contribution in [3.63, 3.8) is 0 Å². The Morgan fingerprint density at radius 3 is 2.57 bits per heavy atom. The molecule has 1 unspecified atom stereocenters. The van der Waals surface area contributed by atoms with Gasteiger partial charge in [0.1, 0.15) is 0 Å². The minimum absolute atomic E-state index is 0.200. The monoisotopic (exact) mass is 300 g/mol. The molecule has 0 aliphatic heterocycles. The van der Waals surface area contributed by atoms with Gasteiger partial charge in [-0.15, -0.1) is 0 Å². The Balaban J connectivity index is 2.04. The van der Waals surface area contributed by atoms with Gasteiger partial charge in [-0.3, -0.25) is 0 Å². The zero-order chi connectivity index (χ0) is 9.97. The minimum atomic E-state index is -0.200. The van der Waals surface area contributed by atoms with Crippen LogP contribution in [0, 0.1) is 3.57 Å². The molecule has 0 amide bonds. The molecule has 14 heavy (non-hydrogen) atoms. The molecule has 2 rings (SSSR count). The van der Waals surface area contributed by atoms with Gasteiger partial charge in [-0.1, -0.05) is 23.8 Å². The average Bonchev–Trinajstić information content (AvgIpc) is 2.56. The van der Waals surface area contributed by atoms with E-state index in [2.05, 4.69) is 46.9 Å². The Hall–Kier alpha value is -0.350. The lowest BCUT2D eigenvalue weighted by atomic mass is 10.1. The van der Waals surface area contributed by atoms with Crippen molar-refractivity contribution in [2.45, 2.75) is 25.4 Å². The summed E-state index contributed by atoms with van der Waals surface area (Å²) in [5.74, 6) is 0. The van der Waals surface area contributed by atoms with E-state index in [0.29, 0.717) is 0 Å². The van der Waals surface area contributed by atoms with Crippen molar-refractivity contribution in [1.82, 2.24) is 0 Å². The van der Waals surface area contributed by atoms with Crippen LogP contribution in [0.25, 0.3) is 0 Å². The molecule has 0 radical (unpaired) electrons. The maximum Gasteiger partial charge on any atom is 0.0726 e. The highest BCUT2D eigenvalue weighted by molar-refractivity contribution is 14.1. The molecule has 1 aliphatic carbocycles. The zero-order valence-corrected chi connectivity index (χ0v) is 10.1. The summed E-state index contributed by atoms with van der Waals surface area (Å²) in [7, 11) is 0. The fourth-order valence-electron chi connectivity index (χ4n) is 1.78. The van der Waals surface area contributed by atoms with Crippen molar-refractivity contribution in [1.29, 1.82) is 0 Å². The summed E-state index contributed by atoms with van der Waals surface area (Å²) in [6.07, 6.45) is 4.74. The van der Waals surface area contributed by atoms with Crippen LogP contribution in [-0.4, -0.2) is 11.2 Å². The molecule has 1 aliphatic rings. The van der Waals surface area contributed by atoms with Gasteiger partial charge in [0.05, 0.1) is 6.10 Å². The molecule has 0 saturated carbocycles. The van der Waals surface area contributed by atoms with E-state index in [9.17, 15) is 5.11 Å². The number of allylic oxidation sites excluding steroid dienone is 1. The van der Waals surface area contributed by atoms with Crippen LogP contribution in [0.4, 0.5) is 0 Å². The minimum Gasteiger partial charge on any atom is -0.389 e. The lowest BCUT2D eigenvalue weighted by Gasteiger charge is -2.01. The Kier molecular flexibility index (Phi) is 3.23. The number of aliphatic hydroxyl groups is 1. The fourth-order valence-corrected chi connectivity index (χ4v) is 2.14. The van der Waals surface area contributed by atoms with E-state index < -0.39 is 0 Å². The number of benzene rings is 1. The van der Waals surface area contributed by atoms with E-state index in [1.165, 1.54) is 14.7 Å². The van der Waals surface area contributed by atoms with Crippen molar-refractivity contribution in [2.24, 2.45) is 0 Å². The summed E-state index contributed by atoms with van der Waals surface area (Å²) in [6, 6.07) is 8.57. The van der Waals surface area contributed by atoms with Crippen LogP contribution in [0.15, 0.2) is 35.9 Å². The maximum absolute atomic E-state index is 9.34. The van der Waals surface area contributed by atoms with Crippen LogP contribution in [-0.2, 0) is 6.42 Å².